The lowest BCUT2D eigenvalue weighted by atomic mass is 10.1. The number of hydrogen-bond donors (Lipinski definition) is 2. The lowest BCUT2D eigenvalue weighted by Crippen LogP contribution is -2.25. The summed E-state index contributed by atoms with van der Waals surface area (Å²) in [5.41, 5.74) is 1.35. The first-order valence-corrected chi connectivity index (χ1v) is 5.16. The maximum atomic E-state index is 11.7. The molecule has 2 N–H and O–H groups in total. The quantitative estimate of drug-likeness (QED) is 0.755. The lowest BCUT2D eigenvalue weighted by Gasteiger charge is -2.13. The number of benzene rings is 1. The molecule has 0 aliphatic rings. The van der Waals surface area contributed by atoms with E-state index in [1.54, 1.807) is 12.1 Å². The standard InChI is InChI=1S/C12H15N3O/c1-9(2)15-11-6-4-3-5-10(11)12(16)14-8-7-13/h3-6,9,15H,8H2,1-2H3,(H,14,16). The number of nitrogens with one attached hydrogen (secondary N) is 2. The molecular weight excluding hydrogens is 202 g/mol. The van der Waals surface area contributed by atoms with Crippen molar-refractivity contribution in [3.63, 3.8) is 0 Å². The number of hydrogen-bond acceptors (Lipinski definition) is 3. The molecule has 16 heavy (non-hydrogen) atoms. The van der Waals surface area contributed by atoms with Gasteiger partial charge in [0.05, 0.1) is 11.6 Å². The summed E-state index contributed by atoms with van der Waals surface area (Å²) in [6.07, 6.45) is 0. The Bertz CT molecular complexity index is 407. The van der Waals surface area contributed by atoms with E-state index in [0.717, 1.165) is 5.69 Å². The first-order chi connectivity index (χ1) is 7.65. The van der Waals surface area contributed by atoms with Gasteiger partial charge in [0.1, 0.15) is 6.54 Å². The van der Waals surface area contributed by atoms with E-state index < -0.39 is 0 Å². The van der Waals surface area contributed by atoms with Crippen molar-refractivity contribution in [2.75, 3.05) is 11.9 Å². The van der Waals surface area contributed by atoms with Crippen molar-refractivity contribution in [1.29, 1.82) is 5.26 Å². The van der Waals surface area contributed by atoms with Gasteiger partial charge < -0.3 is 10.6 Å². The Morgan fingerprint density at radius 1 is 1.44 bits per heavy atom. The molecule has 0 bridgehead atoms. The molecule has 0 unspecified atom stereocenters. The third-order valence-electron chi connectivity index (χ3n) is 1.94. The molecule has 0 spiro atoms. The number of carbonyl (C=O) groups excluding carboxylic acids is 1. The predicted octanol–water partition coefficient (Wildman–Crippen LogP) is 1.76. The highest BCUT2D eigenvalue weighted by molar-refractivity contribution is 5.99. The molecule has 0 fully saturated rings. The monoisotopic (exact) mass is 217 g/mol. The largest absolute Gasteiger partial charge is 0.382 e. The molecule has 0 saturated carbocycles. The van der Waals surface area contributed by atoms with Crippen LogP contribution in [0.15, 0.2) is 24.3 Å². The minimum atomic E-state index is -0.231. The molecule has 0 radical (unpaired) electrons. The molecule has 0 atom stereocenters. The molecule has 0 heterocycles. The van der Waals surface area contributed by atoms with Gasteiger partial charge in [0.25, 0.3) is 5.91 Å². The van der Waals surface area contributed by atoms with Crippen LogP contribution in [0.2, 0.25) is 0 Å². The van der Waals surface area contributed by atoms with Gasteiger partial charge in [-0.2, -0.15) is 5.26 Å². The van der Waals surface area contributed by atoms with Crippen LogP contribution in [-0.4, -0.2) is 18.5 Å². The van der Waals surface area contributed by atoms with Gasteiger partial charge in [0, 0.05) is 11.7 Å². The summed E-state index contributed by atoms with van der Waals surface area (Å²) in [6, 6.07) is 9.38. The van der Waals surface area contributed by atoms with E-state index in [4.69, 9.17) is 5.26 Å². The summed E-state index contributed by atoms with van der Waals surface area (Å²) in [7, 11) is 0. The first-order valence-electron chi connectivity index (χ1n) is 5.16. The van der Waals surface area contributed by atoms with Crippen molar-refractivity contribution in [2.45, 2.75) is 19.9 Å². The molecule has 4 nitrogen and oxygen atoms in total. The van der Waals surface area contributed by atoms with Crippen LogP contribution in [0.5, 0.6) is 0 Å². The van der Waals surface area contributed by atoms with Crippen LogP contribution >= 0.6 is 0 Å². The van der Waals surface area contributed by atoms with E-state index in [0.29, 0.717) is 5.56 Å². The average molecular weight is 217 g/mol. The van der Waals surface area contributed by atoms with Crippen LogP contribution in [0.4, 0.5) is 5.69 Å². The maximum absolute atomic E-state index is 11.7. The number of amides is 1. The fourth-order valence-corrected chi connectivity index (χ4v) is 1.33. The van der Waals surface area contributed by atoms with Gasteiger partial charge in [-0.05, 0) is 26.0 Å². The molecular formula is C12H15N3O. The number of para-hydroxylation sites is 1. The fourth-order valence-electron chi connectivity index (χ4n) is 1.33. The molecule has 0 aliphatic heterocycles. The summed E-state index contributed by atoms with van der Waals surface area (Å²) in [5, 5.41) is 14.1. The molecule has 0 saturated heterocycles. The Labute approximate surface area is 95.3 Å². The zero-order chi connectivity index (χ0) is 12.0. The second-order valence-electron chi connectivity index (χ2n) is 3.69. The Hall–Kier alpha value is -2.02. The number of nitriles is 1. The average Bonchev–Trinajstić information content (AvgIpc) is 2.26. The molecule has 84 valence electrons. The highest BCUT2D eigenvalue weighted by Gasteiger charge is 2.10. The van der Waals surface area contributed by atoms with Gasteiger partial charge in [-0.15, -0.1) is 0 Å². The maximum Gasteiger partial charge on any atom is 0.254 e. The molecule has 1 aromatic rings. The van der Waals surface area contributed by atoms with Crippen molar-refractivity contribution < 1.29 is 4.79 Å². The lowest BCUT2D eigenvalue weighted by molar-refractivity contribution is 0.0959. The van der Waals surface area contributed by atoms with E-state index in [1.165, 1.54) is 0 Å². The number of nitrogens with zero attached hydrogens (tertiary/aromatic N) is 1. The van der Waals surface area contributed by atoms with Crippen LogP contribution in [0.25, 0.3) is 0 Å². The van der Waals surface area contributed by atoms with Crippen molar-refractivity contribution in [2.24, 2.45) is 0 Å². The second kappa shape index (κ2) is 5.76. The van der Waals surface area contributed by atoms with Crippen molar-refractivity contribution in [1.82, 2.24) is 5.32 Å². The summed E-state index contributed by atoms with van der Waals surface area (Å²) < 4.78 is 0. The molecule has 0 aromatic heterocycles. The van der Waals surface area contributed by atoms with Crippen LogP contribution < -0.4 is 10.6 Å². The highest BCUT2D eigenvalue weighted by Crippen LogP contribution is 2.15. The van der Waals surface area contributed by atoms with E-state index in [2.05, 4.69) is 10.6 Å². The summed E-state index contributed by atoms with van der Waals surface area (Å²) >= 11 is 0. The predicted molar refractivity (Wildman–Crippen MR) is 63.1 cm³/mol. The summed E-state index contributed by atoms with van der Waals surface area (Å²) in [4.78, 5) is 11.7. The number of anilines is 1. The van der Waals surface area contributed by atoms with Gasteiger partial charge in [-0.3, -0.25) is 4.79 Å². The summed E-state index contributed by atoms with van der Waals surface area (Å²) in [5.74, 6) is -0.231. The molecule has 1 amide bonds. The Kier molecular flexibility index (Phi) is 4.34. The van der Waals surface area contributed by atoms with Gasteiger partial charge in [0.2, 0.25) is 0 Å². The van der Waals surface area contributed by atoms with Crippen LogP contribution in [0.1, 0.15) is 24.2 Å². The number of carbonyl (C=O) groups is 1. The Balaban J connectivity index is 2.86. The smallest absolute Gasteiger partial charge is 0.254 e. The van der Waals surface area contributed by atoms with E-state index >= 15 is 0 Å². The van der Waals surface area contributed by atoms with Crippen molar-refractivity contribution >= 4 is 11.6 Å². The zero-order valence-electron chi connectivity index (χ0n) is 9.45. The van der Waals surface area contributed by atoms with Gasteiger partial charge in [-0.1, -0.05) is 12.1 Å². The first kappa shape index (κ1) is 12.1. The molecule has 4 heteroatoms. The normalized spacial score (nSPS) is 9.62. The van der Waals surface area contributed by atoms with E-state index in [-0.39, 0.29) is 18.5 Å². The highest BCUT2D eigenvalue weighted by atomic mass is 16.1. The van der Waals surface area contributed by atoms with Crippen molar-refractivity contribution in [3.8, 4) is 6.07 Å². The van der Waals surface area contributed by atoms with E-state index in [9.17, 15) is 4.79 Å². The molecule has 1 aromatic carbocycles. The minimum absolute atomic E-state index is 0.0227. The SMILES string of the molecule is CC(C)Nc1ccccc1C(=O)NCC#N. The van der Waals surface area contributed by atoms with Crippen LogP contribution in [0.3, 0.4) is 0 Å². The van der Waals surface area contributed by atoms with Crippen molar-refractivity contribution in [3.05, 3.63) is 29.8 Å². The third-order valence-corrected chi connectivity index (χ3v) is 1.94. The third kappa shape index (κ3) is 3.28. The Morgan fingerprint density at radius 2 is 2.12 bits per heavy atom. The topological polar surface area (TPSA) is 64.9 Å². The number of rotatable bonds is 4. The molecule has 0 aliphatic carbocycles. The Morgan fingerprint density at radius 3 is 2.75 bits per heavy atom. The van der Waals surface area contributed by atoms with E-state index in [1.807, 2.05) is 32.0 Å². The van der Waals surface area contributed by atoms with Gasteiger partial charge >= 0.3 is 0 Å². The molecule has 1 rings (SSSR count). The zero-order valence-corrected chi connectivity index (χ0v) is 9.45. The fraction of sp³-hybridized carbons (Fsp3) is 0.333. The van der Waals surface area contributed by atoms with Gasteiger partial charge in [0.15, 0.2) is 0 Å². The second-order valence-corrected chi connectivity index (χ2v) is 3.69. The minimum Gasteiger partial charge on any atom is -0.382 e. The van der Waals surface area contributed by atoms with Crippen LogP contribution in [0, 0.1) is 11.3 Å². The van der Waals surface area contributed by atoms with Gasteiger partial charge in [-0.25, -0.2) is 0 Å². The van der Waals surface area contributed by atoms with Crippen LogP contribution in [-0.2, 0) is 0 Å². The summed E-state index contributed by atoms with van der Waals surface area (Å²) in [6.45, 7) is 4.03.